The molecule has 3 aliphatic rings. The molecule has 0 radical (unpaired) electrons. The number of hydrogen-bond donors (Lipinski definition) is 2. The van der Waals surface area contributed by atoms with E-state index in [0.29, 0.717) is 11.5 Å². The average molecular weight is 140 g/mol. The molecule has 0 aromatic heterocycles. The minimum Gasteiger partial charge on any atom is -0.376 e. The molecule has 2 heterocycles. The van der Waals surface area contributed by atoms with Crippen LogP contribution in [0.4, 0.5) is 0 Å². The zero-order chi connectivity index (χ0) is 6.82. The Balaban J connectivity index is 2.06. The summed E-state index contributed by atoms with van der Waals surface area (Å²) in [6.45, 7) is 2.79. The van der Waals surface area contributed by atoms with Gasteiger partial charge in [-0.15, -0.1) is 0 Å². The van der Waals surface area contributed by atoms with Crippen molar-refractivity contribution < 1.29 is 4.74 Å². The van der Waals surface area contributed by atoms with Gasteiger partial charge in [-0.3, -0.25) is 0 Å². The predicted octanol–water partition coefficient (Wildman–Crippen LogP) is -0.924. The third kappa shape index (κ3) is 0.367. The molecule has 10 heavy (non-hydrogen) atoms. The van der Waals surface area contributed by atoms with Crippen LogP contribution in [0.3, 0.4) is 0 Å². The quantitative estimate of drug-likeness (QED) is 0.457. The molecule has 3 heteroatoms. The summed E-state index contributed by atoms with van der Waals surface area (Å²) in [5.41, 5.74) is 6.49. The summed E-state index contributed by atoms with van der Waals surface area (Å²) in [5, 5.41) is 3.34. The van der Waals surface area contributed by atoms with Crippen LogP contribution in [-0.4, -0.2) is 31.3 Å². The topological polar surface area (TPSA) is 47.3 Å². The molecule has 56 valence electrons. The number of hydrogen-bond acceptors (Lipinski definition) is 3. The molecular weight excluding hydrogens is 128 g/mol. The van der Waals surface area contributed by atoms with Crippen LogP contribution in [0.25, 0.3) is 0 Å². The Kier molecular flexibility index (Phi) is 0.698. The van der Waals surface area contributed by atoms with Gasteiger partial charge in [0, 0.05) is 18.5 Å². The third-order valence-electron chi connectivity index (χ3n) is 3.42. The standard InChI is InChI=1S/C7H12N2O/c8-7-3-9-2-6(7)1-5(6)10-4-7/h5,9H,1-4,8H2/t5?,6?,7-/m0/s1. The van der Waals surface area contributed by atoms with E-state index in [4.69, 9.17) is 10.5 Å². The van der Waals surface area contributed by atoms with Gasteiger partial charge in [-0.2, -0.15) is 0 Å². The molecule has 0 aromatic carbocycles. The van der Waals surface area contributed by atoms with E-state index in [1.165, 1.54) is 6.42 Å². The zero-order valence-corrected chi connectivity index (χ0v) is 5.89. The van der Waals surface area contributed by atoms with Crippen molar-refractivity contribution in [1.29, 1.82) is 0 Å². The number of rotatable bonds is 0. The van der Waals surface area contributed by atoms with Crippen LogP contribution in [0.2, 0.25) is 0 Å². The first-order valence-corrected chi connectivity index (χ1v) is 3.88. The molecule has 3 nitrogen and oxygen atoms in total. The summed E-state index contributed by atoms with van der Waals surface area (Å²) in [6.07, 6.45) is 1.68. The molecule has 1 saturated carbocycles. The Morgan fingerprint density at radius 1 is 1.50 bits per heavy atom. The molecule has 3 rings (SSSR count). The zero-order valence-electron chi connectivity index (χ0n) is 5.89. The lowest BCUT2D eigenvalue weighted by atomic mass is 9.87. The fraction of sp³-hybridized carbons (Fsp3) is 1.00. The summed E-state index contributed by atoms with van der Waals surface area (Å²) in [6, 6.07) is 0. The summed E-state index contributed by atoms with van der Waals surface area (Å²) < 4.78 is 5.52. The molecule has 1 aliphatic carbocycles. The van der Waals surface area contributed by atoms with Crippen LogP contribution in [0.15, 0.2) is 0 Å². The Labute approximate surface area is 59.9 Å². The summed E-state index contributed by atoms with van der Waals surface area (Å²) in [7, 11) is 0. The third-order valence-corrected chi connectivity index (χ3v) is 3.42. The Morgan fingerprint density at radius 3 is 3.10 bits per heavy atom. The van der Waals surface area contributed by atoms with Gasteiger partial charge in [-0.25, -0.2) is 0 Å². The number of nitrogens with two attached hydrogens (primary N) is 1. The van der Waals surface area contributed by atoms with Crippen molar-refractivity contribution in [3.05, 3.63) is 0 Å². The Bertz CT molecular complexity index is 187. The molecule has 2 saturated heterocycles. The molecule has 0 amide bonds. The molecular formula is C7H12N2O. The lowest BCUT2D eigenvalue weighted by Gasteiger charge is -2.23. The van der Waals surface area contributed by atoms with Crippen LogP contribution in [0, 0.1) is 5.41 Å². The van der Waals surface area contributed by atoms with E-state index in [1.807, 2.05) is 0 Å². The van der Waals surface area contributed by atoms with E-state index >= 15 is 0 Å². The number of ether oxygens (including phenoxy) is 1. The summed E-state index contributed by atoms with van der Waals surface area (Å²) >= 11 is 0. The van der Waals surface area contributed by atoms with Gasteiger partial charge < -0.3 is 15.8 Å². The van der Waals surface area contributed by atoms with Gasteiger partial charge in [0.2, 0.25) is 0 Å². The molecule has 2 unspecified atom stereocenters. The first kappa shape index (κ1) is 5.52. The molecule has 0 bridgehead atoms. The molecule has 3 atom stereocenters. The van der Waals surface area contributed by atoms with Gasteiger partial charge in [0.25, 0.3) is 0 Å². The van der Waals surface area contributed by atoms with Crippen molar-refractivity contribution in [2.45, 2.75) is 18.1 Å². The first-order chi connectivity index (χ1) is 4.77. The van der Waals surface area contributed by atoms with Gasteiger partial charge in [-0.1, -0.05) is 0 Å². The van der Waals surface area contributed by atoms with Crippen LogP contribution in [0.1, 0.15) is 6.42 Å². The van der Waals surface area contributed by atoms with Crippen molar-refractivity contribution in [3.8, 4) is 0 Å². The minimum absolute atomic E-state index is 0.0162. The monoisotopic (exact) mass is 140 g/mol. The highest BCUT2D eigenvalue weighted by Gasteiger charge is 2.72. The van der Waals surface area contributed by atoms with Crippen LogP contribution < -0.4 is 11.1 Å². The van der Waals surface area contributed by atoms with Crippen molar-refractivity contribution in [2.24, 2.45) is 11.1 Å². The smallest absolute Gasteiger partial charge is 0.0671 e. The van der Waals surface area contributed by atoms with Gasteiger partial charge in [0.15, 0.2) is 0 Å². The van der Waals surface area contributed by atoms with Gasteiger partial charge in [0.05, 0.1) is 18.2 Å². The first-order valence-electron chi connectivity index (χ1n) is 3.88. The average Bonchev–Trinajstić information content (AvgIpc) is 2.39. The lowest BCUT2D eigenvalue weighted by Crippen LogP contribution is -2.49. The highest BCUT2D eigenvalue weighted by atomic mass is 16.5. The second-order valence-electron chi connectivity index (χ2n) is 3.92. The van der Waals surface area contributed by atoms with E-state index in [9.17, 15) is 0 Å². The van der Waals surface area contributed by atoms with Crippen molar-refractivity contribution in [1.82, 2.24) is 5.32 Å². The van der Waals surface area contributed by atoms with Crippen molar-refractivity contribution in [2.75, 3.05) is 19.7 Å². The van der Waals surface area contributed by atoms with Crippen molar-refractivity contribution >= 4 is 0 Å². The van der Waals surface area contributed by atoms with Crippen LogP contribution in [0.5, 0.6) is 0 Å². The molecule has 1 spiro atoms. The largest absolute Gasteiger partial charge is 0.376 e. The highest BCUT2D eigenvalue weighted by molar-refractivity contribution is 5.27. The molecule has 3 fully saturated rings. The highest BCUT2D eigenvalue weighted by Crippen LogP contribution is 2.61. The molecule has 2 aliphatic heterocycles. The Hall–Kier alpha value is -0.120. The van der Waals surface area contributed by atoms with E-state index < -0.39 is 0 Å². The van der Waals surface area contributed by atoms with Gasteiger partial charge in [-0.05, 0) is 6.42 Å². The molecule has 3 N–H and O–H groups in total. The van der Waals surface area contributed by atoms with Crippen LogP contribution >= 0.6 is 0 Å². The van der Waals surface area contributed by atoms with Crippen LogP contribution in [-0.2, 0) is 4.74 Å². The van der Waals surface area contributed by atoms with E-state index in [2.05, 4.69) is 5.32 Å². The van der Waals surface area contributed by atoms with Gasteiger partial charge >= 0.3 is 0 Å². The van der Waals surface area contributed by atoms with E-state index in [1.54, 1.807) is 0 Å². The fourth-order valence-corrected chi connectivity index (χ4v) is 2.50. The predicted molar refractivity (Wildman–Crippen MR) is 36.6 cm³/mol. The van der Waals surface area contributed by atoms with E-state index in [0.717, 1.165) is 19.7 Å². The summed E-state index contributed by atoms with van der Waals surface area (Å²) in [4.78, 5) is 0. The minimum atomic E-state index is -0.0162. The lowest BCUT2D eigenvalue weighted by molar-refractivity contribution is 0.130. The summed E-state index contributed by atoms with van der Waals surface area (Å²) in [5.74, 6) is 0. The fourth-order valence-electron chi connectivity index (χ4n) is 2.50. The maximum atomic E-state index is 6.15. The molecule has 0 aromatic rings. The van der Waals surface area contributed by atoms with Gasteiger partial charge in [0.1, 0.15) is 0 Å². The maximum absolute atomic E-state index is 6.15. The number of nitrogens with one attached hydrogen (secondary N) is 1. The maximum Gasteiger partial charge on any atom is 0.0671 e. The second-order valence-corrected chi connectivity index (χ2v) is 3.92. The van der Waals surface area contributed by atoms with E-state index in [-0.39, 0.29) is 5.54 Å². The van der Waals surface area contributed by atoms with Crippen molar-refractivity contribution in [3.63, 3.8) is 0 Å². The SMILES string of the molecule is N[C@]12CNCC13CC3OC2. The second kappa shape index (κ2) is 1.26. The normalized spacial score (nSPS) is 63.9. The Morgan fingerprint density at radius 2 is 2.40 bits per heavy atom.